The summed E-state index contributed by atoms with van der Waals surface area (Å²) in [7, 11) is 2.43. The lowest BCUT2D eigenvalue weighted by molar-refractivity contribution is 0.0879. The number of amides is 2. The molecule has 0 aliphatic carbocycles. The first kappa shape index (κ1) is 17.2. The molecule has 3 aromatic carbocycles. The maximum atomic E-state index is 13.3. The molecule has 3 aromatic rings. The number of anilines is 1. The highest BCUT2D eigenvalue weighted by Gasteiger charge is 2.27. The number of rotatable bonds is 3. The summed E-state index contributed by atoms with van der Waals surface area (Å²) >= 11 is 0. The van der Waals surface area contributed by atoms with E-state index in [1.165, 1.54) is 18.2 Å². The van der Waals surface area contributed by atoms with Gasteiger partial charge in [0.2, 0.25) is 0 Å². The van der Waals surface area contributed by atoms with Gasteiger partial charge in [0.15, 0.2) is 0 Å². The fourth-order valence-electron chi connectivity index (χ4n) is 2.93. The molecule has 1 aliphatic heterocycles. The summed E-state index contributed by atoms with van der Waals surface area (Å²) in [6.45, 7) is 0. The van der Waals surface area contributed by atoms with E-state index < -0.39 is 11.8 Å². The van der Waals surface area contributed by atoms with Crippen LogP contribution >= 0.6 is 9.24 Å². The highest BCUT2D eigenvalue weighted by Crippen LogP contribution is 2.36. The molecule has 0 saturated heterocycles. The van der Waals surface area contributed by atoms with Gasteiger partial charge in [-0.05, 0) is 54.1 Å². The van der Waals surface area contributed by atoms with Crippen LogP contribution in [0.4, 0.5) is 10.1 Å². The van der Waals surface area contributed by atoms with Gasteiger partial charge in [-0.2, -0.15) is 0 Å². The Kier molecular flexibility index (Phi) is 4.13. The standard InChI is InChI=1S/C20H14FN2O3P/c21-11-2-5-17(18(27)8-11)26-16-6-3-12(22)9-14(16)10-1-4-13-15(7-10)20(25)23-19(13)24/h1-9H,22,27H2,(H,23,24,25). The van der Waals surface area contributed by atoms with E-state index in [-0.39, 0.29) is 5.82 Å². The molecule has 0 spiro atoms. The normalized spacial score (nSPS) is 12.7. The van der Waals surface area contributed by atoms with Gasteiger partial charge in [0.1, 0.15) is 17.3 Å². The number of imide groups is 1. The van der Waals surface area contributed by atoms with E-state index in [1.54, 1.807) is 36.4 Å². The van der Waals surface area contributed by atoms with Gasteiger partial charge in [-0.3, -0.25) is 14.9 Å². The molecule has 0 bridgehead atoms. The first-order valence-corrected chi connectivity index (χ1v) is 8.62. The van der Waals surface area contributed by atoms with Gasteiger partial charge in [-0.15, -0.1) is 9.24 Å². The summed E-state index contributed by atoms with van der Waals surface area (Å²) in [5.74, 6) is -0.247. The fourth-order valence-corrected chi connectivity index (χ4v) is 3.24. The number of hydrogen-bond acceptors (Lipinski definition) is 4. The molecule has 4 rings (SSSR count). The largest absolute Gasteiger partial charge is 0.456 e. The Hall–Kier alpha value is -3.24. The Morgan fingerprint density at radius 3 is 2.37 bits per heavy atom. The summed E-state index contributed by atoms with van der Waals surface area (Å²) in [6, 6.07) is 14.3. The number of ether oxygens (including phenoxy) is 1. The Labute approximate surface area is 156 Å². The minimum absolute atomic E-state index is 0.305. The van der Waals surface area contributed by atoms with Crippen molar-refractivity contribution in [3.63, 3.8) is 0 Å². The second kappa shape index (κ2) is 6.49. The predicted molar refractivity (Wildman–Crippen MR) is 104 cm³/mol. The number of carbonyl (C=O) groups is 2. The van der Waals surface area contributed by atoms with Crippen LogP contribution in [0.25, 0.3) is 11.1 Å². The number of nitrogens with two attached hydrogens (primary N) is 1. The first-order chi connectivity index (χ1) is 12.9. The van der Waals surface area contributed by atoms with Crippen molar-refractivity contribution in [2.24, 2.45) is 0 Å². The molecule has 2 amide bonds. The Balaban J connectivity index is 1.80. The molecule has 0 fully saturated rings. The Bertz CT molecular complexity index is 1110. The van der Waals surface area contributed by atoms with Crippen LogP contribution in [0, 0.1) is 5.82 Å². The maximum Gasteiger partial charge on any atom is 0.258 e. The zero-order valence-corrected chi connectivity index (χ0v) is 15.1. The quantitative estimate of drug-likeness (QED) is 0.415. The number of benzene rings is 3. The second-order valence-corrected chi connectivity index (χ2v) is 6.71. The van der Waals surface area contributed by atoms with Crippen molar-refractivity contribution in [2.75, 3.05) is 5.73 Å². The van der Waals surface area contributed by atoms with Gasteiger partial charge in [0.25, 0.3) is 11.8 Å². The molecule has 0 radical (unpaired) electrons. The molecular weight excluding hydrogens is 366 g/mol. The topological polar surface area (TPSA) is 81.4 Å². The molecule has 1 aliphatic rings. The predicted octanol–water partition coefficient (Wildman–Crippen LogP) is 3.25. The molecular formula is C20H14FN2O3P. The average molecular weight is 380 g/mol. The molecule has 0 aromatic heterocycles. The number of hydrogen-bond donors (Lipinski definition) is 2. The van der Waals surface area contributed by atoms with Crippen molar-refractivity contribution in [1.29, 1.82) is 0 Å². The summed E-state index contributed by atoms with van der Waals surface area (Å²) in [6.07, 6.45) is 0. The fraction of sp³-hybridized carbons (Fsp3) is 0. The van der Waals surface area contributed by atoms with Crippen molar-refractivity contribution < 1.29 is 18.7 Å². The van der Waals surface area contributed by atoms with Gasteiger partial charge >= 0.3 is 0 Å². The lowest BCUT2D eigenvalue weighted by Crippen LogP contribution is -2.19. The van der Waals surface area contributed by atoms with Gasteiger partial charge in [-0.1, -0.05) is 6.07 Å². The molecule has 1 heterocycles. The van der Waals surface area contributed by atoms with Crippen molar-refractivity contribution in [3.8, 4) is 22.6 Å². The summed E-state index contributed by atoms with van der Waals surface area (Å²) in [5.41, 5.74) is 8.41. The van der Waals surface area contributed by atoms with Crippen molar-refractivity contribution in [3.05, 3.63) is 71.5 Å². The van der Waals surface area contributed by atoms with Gasteiger partial charge in [0.05, 0.1) is 11.1 Å². The smallest absolute Gasteiger partial charge is 0.258 e. The summed E-state index contributed by atoms with van der Waals surface area (Å²) in [4.78, 5) is 23.7. The monoisotopic (exact) mass is 380 g/mol. The Morgan fingerprint density at radius 1 is 0.852 bits per heavy atom. The molecule has 27 heavy (non-hydrogen) atoms. The zero-order chi connectivity index (χ0) is 19.1. The van der Waals surface area contributed by atoms with E-state index in [2.05, 4.69) is 14.6 Å². The lowest BCUT2D eigenvalue weighted by Gasteiger charge is -2.14. The van der Waals surface area contributed by atoms with E-state index >= 15 is 0 Å². The third-order valence-electron chi connectivity index (χ3n) is 4.24. The molecule has 1 atom stereocenters. The minimum atomic E-state index is -0.436. The van der Waals surface area contributed by atoms with Crippen molar-refractivity contribution in [1.82, 2.24) is 5.32 Å². The number of halogens is 1. The van der Waals surface area contributed by atoms with Crippen LogP contribution in [-0.2, 0) is 0 Å². The highest BCUT2D eigenvalue weighted by atomic mass is 31.0. The second-order valence-electron chi connectivity index (χ2n) is 6.08. The van der Waals surface area contributed by atoms with Crippen LogP contribution in [0.1, 0.15) is 20.7 Å². The third kappa shape index (κ3) is 3.15. The van der Waals surface area contributed by atoms with E-state index in [4.69, 9.17) is 10.5 Å². The van der Waals surface area contributed by atoms with Crippen LogP contribution in [0.5, 0.6) is 11.5 Å². The van der Waals surface area contributed by atoms with E-state index in [0.717, 1.165) is 0 Å². The van der Waals surface area contributed by atoms with Crippen LogP contribution in [0.15, 0.2) is 54.6 Å². The van der Waals surface area contributed by atoms with E-state index in [0.29, 0.717) is 44.7 Å². The molecule has 7 heteroatoms. The van der Waals surface area contributed by atoms with Gasteiger partial charge in [0, 0.05) is 16.6 Å². The molecule has 5 nitrogen and oxygen atoms in total. The minimum Gasteiger partial charge on any atom is -0.456 e. The van der Waals surface area contributed by atoms with Crippen molar-refractivity contribution in [2.45, 2.75) is 0 Å². The van der Waals surface area contributed by atoms with Crippen molar-refractivity contribution >= 4 is 32.0 Å². The van der Waals surface area contributed by atoms with Crippen LogP contribution < -0.4 is 21.1 Å². The highest BCUT2D eigenvalue weighted by molar-refractivity contribution is 7.27. The van der Waals surface area contributed by atoms with Crippen LogP contribution in [0.3, 0.4) is 0 Å². The average Bonchev–Trinajstić information content (AvgIpc) is 2.92. The third-order valence-corrected chi connectivity index (χ3v) is 4.69. The lowest BCUT2D eigenvalue weighted by atomic mass is 9.99. The summed E-state index contributed by atoms with van der Waals surface area (Å²) < 4.78 is 19.3. The van der Waals surface area contributed by atoms with E-state index in [1.807, 2.05) is 0 Å². The zero-order valence-electron chi connectivity index (χ0n) is 14.0. The Morgan fingerprint density at radius 2 is 1.59 bits per heavy atom. The maximum absolute atomic E-state index is 13.3. The molecule has 3 N–H and O–H groups in total. The SMILES string of the molecule is Nc1ccc(Oc2ccc(F)cc2P)c(-c2ccc3c(c2)C(=O)NC3=O)c1. The molecule has 134 valence electrons. The number of fused-ring (bicyclic) bond motifs is 1. The van der Waals surface area contributed by atoms with Crippen LogP contribution in [0.2, 0.25) is 0 Å². The number of nitrogens with one attached hydrogen (secondary N) is 1. The first-order valence-electron chi connectivity index (χ1n) is 8.05. The van der Waals surface area contributed by atoms with E-state index in [9.17, 15) is 14.0 Å². The van der Waals surface area contributed by atoms with Crippen LogP contribution in [-0.4, -0.2) is 11.8 Å². The number of carbonyl (C=O) groups excluding carboxylic acids is 2. The summed E-state index contributed by atoms with van der Waals surface area (Å²) in [5, 5.41) is 2.83. The number of nitrogen functional groups attached to an aromatic ring is 1. The molecule has 1 unspecified atom stereocenters. The molecule has 0 saturated carbocycles. The van der Waals surface area contributed by atoms with Gasteiger partial charge in [-0.25, -0.2) is 4.39 Å². The van der Waals surface area contributed by atoms with Gasteiger partial charge < -0.3 is 10.5 Å².